The predicted octanol–water partition coefficient (Wildman–Crippen LogP) is 1.35. The van der Waals surface area contributed by atoms with Crippen LogP contribution < -0.4 is 10.2 Å². The number of hydrogen-bond donors (Lipinski definition) is 0. The van der Waals surface area contributed by atoms with E-state index in [0.717, 1.165) is 22.2 Å². The van der Waals surface area contributed by atoms with Crippen LogP contribution in [0.1, 0.15) is 5.56 Å². The Labute approximate surface area is 84.3 Å². The van der Waals surface area contributed by atoms with Crippen LogP contribution in [0.4, 0.5) is 0 Å². The van der Waals surface area contributed by atoms with Crippen LogP contribution in [0.25, 0.3) is 10.9 Å². The van der Waals surface area contributed by atoms with Crippen molar-refractivity contribution in [1.29, 1.82) is 0 Å². The third-order valence-corrected chi connectivity index (χ3v) is 2.27. The van der Waals surface area contributed by atoms with Gasteiger partial charge < -0.3 is 4.74 Å². The Morgan fingerprint density at radius 2 is 2.21 bits per heavy atom. The number of methoxy groups -OCH3 is 1. The quantitative estimate of drug-likeness (QED) is 0.622. The minimum absolute atomic E-state index is 0.614. The molecular weight excluding hydrogens is 173 g/mol. The molecule has 0 fully saturated rings. The van der Waals surface area contributed by atoms with E-state index in [1.54, 1.807) is 13.3 Å². The molecule has 0 amide bonds. The number of ether oxygens (including phenoxy) is 1. The second-order valence-electron chi connectivity index (χ2n) is 3.22. The third-order valence-electron chi connectivity index (χ3n) is 2.27. The van der Waals surface area contributed by atoms with E-state index in [2.05, 4.69) is 4.98 Å². The van der Waals surface area contributed by atoms with Gasteiger partial charge >= 0.3 is 0 Å². The van der Waals surface area contributed by atoms with Crippen LogP contribution in [-0.2, 0) is 0 Å². The van der Waals surface area contributed by atoms with E-state index in [1.807, 2.05) is 25.1 Å². The SMILES string of the molecule is [B]c1c(OC)c(C)cc2cccnc12. The van der Waals surface area contributed by atoms with Crippen molar-refractivity contribution in [3.05, 3.63) is 30.0 Å². The summed E-state index contributed by atoms with van der Waals surface area (Å²) >= 11 is 0. The van der Waals surface area contributed by atoms with Gasteiger partial charge in [-0.25, -0.2) is 0 Å². The average molecular weight is 183 g/mol. The minimum Gasteiger partial charge on any atom is -0.497 e. The first-order valence-electron chi connectivity index (χ1n) is 4.42. The monoisotopic (exact) mass is 183 g/mol. The Kier molecular flexibility index (Phi) is 2.16. The van der Waals surface area contributed by atoms with Gasteiger partial charge in [0.15, 0.2) is 0 Å². The van der Waals surface area contributed by atoms with Crippen LogP contribution in [0, 0.1) is 6.92 Å². The highest BCUT2D eigenvalue weighted by Gasteiger charge is 2.07. The van der Waals surface area contributed by atoms with E-state index in [9.17, 15) is 0 Å². The number of pyridine rings is 1. The van der Waals surface area contributed by atoms with Crippen LogP contribution in [-0.4, -0.2) is 19.9 Å². The molecule has 2 nitrogen and oxygen atoms in total. The van der Waals surface area contributed by atoms with Gasteiger partial charge in [-0.05, 0) is 30.1 Å². The van der Waals surface area contributed by atoms with E-state index in [0.29, 0.717) is 5.46 Å². The molecule has 2 aromatic rings. The Bertz CT molecular complexity index is 482. The molecule has 0 atom stereocenters. The highest BCUT2D eigenvalue weighted by Crippen LogP contribution is 2.20. The standard InChI is InChI=1S/C11H10BNO/c1-7-6-8-4-3-5-13-10(8)9(12)11(7)14-2/h3-6H,1-2H3. The zero-order valence-electron chi connectivity index (χ0n) is 8.24. The maximum Gasteiger partial charge on any atom is 0.122 e. The van der Waals surface area contributed by atoms with Crippen molar-refractivity contribution in [2.24, 2.45) is 0 Å². The van der Waals surface area contributed by atoms with E-state index >= 15 is 0 Å². The number of aryl methyl sites for hydroxylation is 1. The fourth-order valence-corrected chi connectivity index (χ4v) is 1.65. The van der Waals surface area contributed by atoms with E-state index in [-0.39, 0.29) is 0 Å². The van der Waals surface area contributed by atoms with E-state index < -0.39 is 0 Å². The molecule has 1 aromatic heterocycles. The first-order chi connectivity index (χ1) is 6.74. The summed E-state index contributed by atoms with van der Waals surface area (Å²) in [5.41, 5.74) is 2.45. The lowest BCUT2D eigenvalue weighted by Gasteiger charge is -2.11. The zero-order chi connectivity index (χ0) is 10.1. The van der Waals surface area contributed by atoms with Crippen molar-refractivity contribution in [3.8, 4) is 5.75 Å². The second kappa shape index (κ2) is 3.33. The van der Waals surface area contributed by atoms with Crippen LogP contribution in [0.5, 0.6) is 5.75 Å². The van der Waals surface area contributed by atoms with Crippen LogP contribution >= 0.6 is 0 Å². The first-order valence-corrected chi connectivity index (χ1v) is 4.42. The number of benzene rings is 1. The molecule has 2 rings (SSSR count). The summed E-state index contributed by atoms with van der Waals surface area (Å²) in [5, 5.41) is 1.04. The molecule has 0 aliphatic heterocycles. The van der Waals surface area contributed by atoms with Gasteiger partial charge in [-0.1, -0.05) is 6.07 Å². The molecule has 0 aliphatic carbocycles. The van der Waals surface area contributed by atoms with Crippen LogP contribution in [0.15, 0.2) is 24.4 Å². The Balaban J connectivity index is 2.86. The molecule has 0 N–H and O–H groups in total. The lowest BCUT2D eigenvalue weighted by molar-refractivity contribution is 0.415. The summed E-state index contributed by atoms with van der Waals surface area (Å²) in [6.07, 6.45) is 1.73. The van der Waals surface area contributed by atoms with Crippen molar-refractivity contribution in [3.63, 3.8) is 0 Å². The second-order valence-corrected chi connectivity index (χ2v) is 3.22. The number of nitrogens with zero attached hydrogens (tertiary/aromatic N) is 1. The van der Waals surface area contributed by atoms with Gasteiger partial charge in [0.05, 0.1) is 12.6 Å². The van der Waals surface area contributed by atoms with Crippen LogP contribution in [0.2, 0.25) is 0 Å². The lowest BCUT2D eigenvalue weighted by Crippen LogP contribution is -2.11. The fourth-order valence-electron chi connectivity index (χ4n) is 1.65. The summed E-state index contributed by atoms with van der Waals surface area (Å²) in [5.74, 6) is 0.719. The Hall–Kier alpha value is -1.51. The molecule has 3 heteroatoms. The molecule has 0 bridgehead atoms. The summed E-state index contributed by atoms with van der Waals surface area (Å²) in [4.78, 5) is 4.23. The molecule has 2 radical (unpaired) electrons. The summed E-state index contributed by atoms with van der Waals surface area (Å²) < 4.78 is 5.22. The Morgan fingerprint density at radius 1 is 1.43 bits per heavy atom. The lowest BCUT2D eigenvalue weighted by atomic mass is 9.90. The van der Waals surface area contributed by atoms with Crippen molar-refractivity contribution >= 4 is 24.2 Å². The van der Waals surface area contributed by atoms with Gasteiger partial charge in [0.2, 0.25) is 0 Å². The number of fused-ring (bicyclic) bond motifs is 1. The number of hydrogen-bond acceptors (Lipinski definition) is 2. The van der Waals surface area contributed by atoms with Crippen LogP contribution in [0.3, 0.4) is 0 Å². The van der Waals surface area contributed by atoms with Gasteiger partial charge in [0, 0.05) is 11.6 Å². The van der Waals surface area contributed by atoms with Gasteiger partial charge in [0.1, 0.15) is 13.6 Å². The predicted molar refractivity (Wildman–Crippen MR) is 58.4 cm³/mol. The maximum absolute atomic E-state index is 5.94. The molecular formula is C11H10BNO. The number of aromatic nitrogens is 1. The van der Waals surface area contributed by atoms with Gasteiger partial charge in [-0.3, -0.25) is 4.98 Å². The molecule has 68 valence electrons. The maximum atomic E-state index is 5.94. The fraction of sp³-hybridized carbons (Fsp3) is 0.182. The van der Waals surface area contributed by atoms with Crippen molar-refractivity contribution < 1.29 is 4.74 Å². The summed E-state index contributed by atoms with van der Waals surface area (Å²) in [6, 6.07) is 5.91. The summed E-state index contributed by atoms with van der Waals surface area (Å²) in [6.45, 7) is 1.97. The van der Waals surface area contributed by atoms with Crippen molar-refractivity contribution in [1.82, 2.24) is 4.98 Å². The largest absolute Gasteiger partial charge is 0.497 e. The molecule has 0 aliphatic rings. The average Bonchev–Trinajstić information content (AvgIpc) is 2.18. The van der Waals surface area contributed by atoms with Crippen molar-refractivity contribution in [2.75, 3.05) is 7.11 Å². The summed E-state index contributed by atoms with van der Waals surface area (Å²) in [7, 11) is 7.56. The molecule has 0 saturated heterocycles. The highest BCUT2D eigenvalue weighted by molar-refractivity contribution is 6.40. The molecule has 14 heavy (non-hydrogen) atoms. The van der Waals surface area contributed by atoms with Gasteiger partial charge in [-0.15, -0.1) is 0 Å². The van der Waals surface area contributed by atoms with E-state index in [4.69, 9.17) is 12.6 Å². The van der Waals surface area contributed by atoms with Gasteiger partial charge in [0.25, 0.3) is 0 Å². The molecule has 0 unspecified atom stereocenters. The van der Waals surface area contributed by atoms with Gasteiger partial charge in [-0.2, -0.15) is 0 Å². The molecule has 1 aromatic carbocycles. The Morgan fingerprint density at radius 3 is 2.93 bits per heavy atom. The zero-order valence-corrected chi connectivity index (χ0v) is 8.24. The number of rotatable bonds is 1. The topological polar surface area (TPSA) is 22.1 Å². The van der Waals surface area contributed by atoms with Crippen molar-refractivity contribution in [2.45, 2.75) is 6.92 Å². The van der Waals surface area contributed by atoms with E-state index in [1.165, 1.54) is 0 Å². The minimum atomic E-state index is 0.614. The molecule has 0 spiro atoms. The third kappa shape index (κ3) is 1.25. The normalized spacial score (nSPS) is 10.4. The molecule has 1 heterocycles. The highest BCUT2D eigenvalue weighted by atomic mass is 16.5. The smallest absolute Gasteiger partial charge is 0.122 e. The first kappa shape index (κ1) is 9.07. The molecule has 0 saturated carbocycles.